The van der Waals surface area contributed by atoms with Crippen LogP contribution in [0.4, 0.5) is 0 Å². The van der Waals surface area contributed by atoms with Gasteiger partial charge in [0.05, 0.1) is 11.9 Å². The van der Waals surface area contributed by atoms with Gasteiger partial charge in [0.2, 0.25) is 0 Å². The summed E-state index contributed by atoms with van der Waals surface area (Å²) >= 11 is 4.46. The second-order valence-electron chi connectivity index (χ2n) is 6.75. The van der Waals surface area contributed by atoms with Gasteiger partial charge in [-0.1, -0.05) is 58.4 Å². The summed E-state index contributed by atoms with van der Waals surface area (Å²) in [7, 11) is 1.60. The predicted octanol–water partition coefficient (Wildman–Crippen LogP) is 3.93. The number of aromatic nitrogens is 2. The molecule has 4 aromatic rings. The normalized spacial score (nSPS) is 11.0. The zero-order valence-electron chi connectivity index (χ0n) is 16.0. The number of hydrogen-bond acceptors (Lipinski definition) is 5. The fourth-order valence-electron chi connectivity index (χ4n) is 3.14. The van der Waals surface area contributed by atoms with Crippen LogP contribution in [-0.2, 0) is 24.9 Å². The van der Waals surface area contributed by atoms with Crippen molar-refractivity contribution in [3.8, 4) is 0 Å². The summed E-state index contributed by atoms with van der Waals surface area (Å²) in [6, 6.07) is 18.3. The Bertz CT molecular complexity index is 1360. The molecule has 0 amide bonds. The second-order valence-corrected chi connectivity index (χ2v) is 8.70. The van der Waals surface area contributed by atoms with Gasteiger partial charge in [-0.05, 0) is 29.3 Å². The van der Waals surface area contributed by atoms with E-state index in [4.69, 9.17) is 4.74 Å². The van der Waals surface area contributed by atoms with Gasteiger partial charge in [0.25, 0.3) is 5.56 Å². The Kier molecular flexibility index (Phi) is 5.69. The number of benzene rings is 2. The molecule has 2 heterocycles. The van der Waals surface area contributed by atoms with Crippen LogP contribution in [0.3, 0.4) is 0 Å². The van der Waals surface area contributed by atoms with Crippen molar-refractivity contribution >= 4 is 43.5 Å². The van der Waals surface area contributed by atoms with Crippen molar-refractivity contribution in [3.05, 3.63) is 102 Å². The highest BCUT2D eigenvalue weighted by atomic mass is 79.9. The lowest BCUT2D eigenvalue weighted by Crippen LogP contribution is -2.38. The minimum Gasteiger partial charge on any atom is -0.457 e. The van der Waals surface area contributed by atoms with Crippen molar-refractivity contribution in [2.75, 3.05) is 0 Å². The molecule has 8 heteroatoms. The molecule has 0 radical (unpaired) electrons. The number of rotatable bonds is 5. The second kappa shape index (κ2) is 8.41. The van der Waals surface area contributed by atoms with E-state index in [1.807, 2.05) is 54.6 Å². The van der Waals surface area contributed by atoms with Crippen LogP contribution in [0, 0.1) is 0 Å². The Balaban J connectivity index is 1.66. The number of ether oxygens (including phenoxy) is 1. The molecule has 2 aromatic carbocycles. The molecule has 0 N–H and O–H groups in total. The number of aryl methyl sites for hydroxylation is 1. The summed E-state index contributed by atoms with van der Waals surface area (Å²) in [6.07, 6.45) is 0. The molecule has 0 fully saturated rings. The van der Waals surface area contributed by atoms with Crippen LogP contribution in [-0.4, -0.2) is 15.1 Å². The van der Waals surface area contributed by atoms with Crippen LogP contribution >= 0.6 is 27.3 Å². The van der Waals surface area contributed by atoms with Crippen molar-refractivity contribution in [1.29, 1.82) is 0 Å². The first kappa shape index (κ1) is 20.3. The largest absolute Gasteiger partial charge is 0.457 e. The molecule has 30 heavy (non-hydrogen) atoms. The molecule has 0 atom stereocenters. The summed E-state index contributed by atoms with van der Waals surface area (Å²) in [5.74, 6) is -0.530. The molecule has 6 nitrogen and oxygen atoms in total. The molecule has 0 aliphatic rings. The van der Waals surface area contributed by atoms with Crippen LogP contribution in [0.2, 0.25) is 0 Å². The van der Waals surface area contributed by atoms with Crippen LogP contribution in [0.5, 0.6) is 0 Å². The number of nitrogens with zero attached hydrogens (tertiary/aromatic N) is 2. The van der Waals surface area contributed by atoms with Crippen molar-refractivity contribution in [1.82, 2.24) is 9.13 Å². The SMILES string of the molecule is Cn1c(=O)n(Cc2ccccc2)c(=O)c2cc(C(=O)OCc3cccc(Br)c3)sc21. The summed E-state index contributed by atoms with van der Waals surface area (Å²) in [4.78, 5) is 39.0. The zero-order valence-corrected chi connectivity index (χ0v) is 18.4. The van der Waals surface area contributed by atoms with Gasteiger partial charge in [-0.3, -0.25) is 13.9 Å². The molecule has 0 saturated heterocycles. The lowest BCUT2D eigenvalue weighted by Gasteiger charge is -2.08. The molecule has 0 aliphatic carbocycles. The van der Waals surface area contributed by atoms with E-state index in [2.05, 4.69) is 15.9 Å². The summed E-state index contributed by atoms with van der Waals surface area (Å²) in [5.41, 5.74) is 0.850. The maximum absolute atomic E-state index is 13.0. The average Bonchev–Trinajstić information content (AvgIpc) is 3.20. The van der Waals surface area contributed by atoms with Gasteiger partial charge in [0.15, 0.2) is 0 Å². The Morgan fingerprint density at radius 1 is 1.03 bits per heavy atom. The Morgan fingerprint density at radius 2 is 1.77 bits per heavy atom. The molecule has 2 aromatic heterocycles. The van der Waals surface area contributed by atoms with E-state index in [1.165, 1.54) is 15.2 Å². The molecule has 0 unspecified atom stereocenters. The number of esters is 1. The number of fused-ring (bicyclic) bond motifs is 1. The first-order valence-corrected chi connectivity index (χ1v) is 10.7. The monoisotopic (exact) mass is 484 g/mol. The summed E-state index contributed by atoms with van der Waals surface area (Å²) in [6.45, 7) is 0.282. The molecule has 0 bridgehead atoms. The predicted molar refractivity (Wildman–Crippen MR) is 120 cm³/mol. The van der Waals surface area contributed by atoms with E-state index in [0.717, 1.165) is 26.9 Å². The van der Waals surface area contributed by atoms with Gasteiger partial charge in [-0.25, -0.2) is 9.59 Å². The molecule has 0 saturated carbocycles. The summed E-state index contributed by atoms with van der Waals surface area (Å²) in [5, 5.41) is 0.326. The van der Waals surface area contributed by atoms with E-state index < -0.39 is 17.2 Å². The third-order valence-corrected chi connectivity index (χ3v) is 6.34. The van der Waals surface area contributed by atoms with Crippen molar-refractivity contribution in [2.24, 2.45) is 7.05 Å². The van der Waals surface area contributed by atoms with Gasteiger partial charge in [0.1, 0.15) is 16.3 Å². The van der Waals surface area contributed by atoms with Gasteiger partial charge in [0, 0.05) is 11.5 Å². The maximum Gasteiger partial charge on any atom is 0.348 e. The van der Waals surface area contributed by atoms with Crippen LogP contribution in [0.15, 0.2) is 74.7 Å². The van der Waals surface area contributed by atoms with Crippen LogP contribution in [0.1, 0.15) is 20.8 Å². The van der Waals surface area contributed by atoms with E-state index in [0.29, 0.717) is 10.2 Å². The van der Waals surface area contributed by atoms with Gasteiger partial charge in [-0.2, -0.15) is 0 Å². The van der Waals surface area contributed by atoms with E-state index in [9.17, 15) is 14.4 Å². The summed E-state index contributed by atoms with van der Waals surface area (Å²) < 4.78 is 8.86. The van der Waals surface area contributed by atoms with E-state index >= 15 is 0 Å². The van der Waals surface area contributed by atoms with Gasteiger partial charge in [-0.15, -0.1) is 11.3 Å². The van der Waals surface area contributed by atoms with Crippen LogP contribution in [0.25, 0.3) is 10.2 Å². The van der Waals surface area contributed by atoms with Gasteiger partial charge < -0.3 is 4.74 Å². The van der Waals surface area contributed by atoms with Crippen molar-refractivity contribution in [2.45, 2.75) is 13.2 Å². The average molecular weight is 485 g/mol. The first-order chi connectivity index (χ1) is 14.4. The minimum atomic E-state index is -0.530. The fourth-order valence-corrected chi connectivity index (χ4v) is 4.58. The number of thiophene rings is 1. The Hall–Kier alpha value is -2.97. The quantitative estimate of drug-likeness (QED) is 0.402. The zero-order chi connectivity index (χ0) is 21.3. The molecule has 0 spiro atoms. The maximum atomic E-state index is 13.0. The van der Waals surface area contributed by atoms with E-state index in [1.54, 1.807) is 7.05 Å². The highest BCUT2D eigenvalue weighted by Gasteiger charge is 2.19. The molecule has 152 valence electrons. The van der Waals surface area contributed by atoms with Crippen LogP contribution < -0.4 is 11.2 Å². The number of carbonyl (C=O) groups is 1. The highest BCUT2D eigenvalue weighted by molar-refractivity contribution is 9.10. The number of halogens is 1. The van der Waals surface area contributed by atoms with E-state index in [-0.39, 0.29) is 18.0 Å². The third kappa shape index (κ3) is 4.01. The standard InChI is InChI=1S/C22H17BrN2O4S/c1-24-20-17(19(26)25(22(24)28)12-14-6-3-2-4-7-14)11-18(30-20)21(27)29-13-15-8-5-9-16(23)10-15/h2-11H,12-13H2,1H3. The third-order valence-electron chi connectivity index (χ3n) is 4.65. The molecule has 4 rings (SSSR count). The molecule has 0 aliphatic heterocycles. The lowest BCUT2D eigenvalue weighted by atomic mass is 10.2. The van der Waals surface area contributed by atoms with Crippen molar-refractivity contribution < 1.29 is 9.53 Å². The topological polar surface area (TPSA) is 70.3 Å². The smallest absolute Gasteiger partial charge is 0.348 e. The lowest BCUT2D eigenvalue weighted by molar-refractivity contribution is 0.0478. The fraction of sp³-hybridized carbons (Fsp3) is 0.136. The molecular formula is C22H17BrN2O4S. The number of hydrogen-bond donors (Lipinski definition) is 0. The van der Waals surface area contributed by atoms with Crippen molar-refractivity contribution in [3.63, 3.8) is 0 Å². The molecular weight excluding hydrogens is 468 g/mol. The Labute approximate surface area is 184 Å². The Morgan fingerprint density at radius 3 is 2.50 bits per heavy atom. The first-order valence-electron chi connectivity index (χ1n) is 9.13. The minimum absolute atomic E-state index is 0.115. The van der Waals surface area contributed by atoms with Gasteiger partial charge >= 0.3 is 11.7 Å². The number of carbonyl (C=O) groups excluding carboxylic acids is 1. The highest BCUT2D eigenvalue weighted by Crippen LogP contribution is 2.23.